The van der Waals surface area contributed by atoms with Crippen LogP contribution in [0.3, 0.4) is 0 Å². The number of H-pyrrole nitrogens is 1. The Morgan fingerprint density at radius 2 is 1.97 bits per heavy atom. The molecule has 30 heavy (non-hydrogen) atoms. The molecule has 0 fully saturated rings. The SMILES string of the molecule is CC=C1C2C=C(C)CC1(N=Cc1ccccc1S(=O)(=O)[O-])c1ccc(=O)[nH]c1C2.[Na+]. The molecule has 8 heteroatoms. The van der Waals surface area contributed by atoms with Gasteiger partial charge in [-0.15, -0.1) is 0 Å². The van der Waals surface area contributed by atoms with Gasteiger partial charge in [0.25, 0.3) is 0 Å². The van der Waals surface area contributed by atoms with Crippen molar-refractivity contribution in [3.63, 3.8) is 0 Å². The van der Waals surface area contributed by atoms with Crippen molar-refractivity contribution in [1.82, 2.24) is 4.98 Å². The molecule has 1 aromatic carbocycles. The predicted molar refractivity (Wildman–Crippen MR) is 110 cm³/mol. The van der Waals surface area contributed by atoms with E-state index in [9.17, 15) is 17.8 Å². The molecule has 150 valence electrons. The molecule has 2 unspecified atom stereocenters. The number of pyridine rings is 1. The second-order valence-corrected chi connectivity index (χ2v) is 8.92. The van der Waals surface area contributed by atoms with Crippen molar-refractivity contribution < 1.29 is 42.5 Å². The summed E-state index contributed by atoms with van der Waals surface area (Å²) in [5, 5.41) is 0. The van der Waals surface area contributed by atoms with Crippen LogP contribution in [0.1, 0.15) is 37.1 Å². The zero-order chi connectivity index (χ0) is 20.8. The van der Waals surface area contributed by atoms with Crippen molar-refractivity contribution in [3.05, 3.63) is 86.9 Å². The van der Waals surface area contributed by atoms with Crippen LogP contribution < -0.4 is 35.1 Å². The summed E-state index contributed by atoms with van der Waals surface area (Å²) in [6.07, 6.45) is 7.03. The van der Waals surface area contributed by atoms with E-state index in [1.165, 1.54) is 30.0 Å². The van der Waals surface area contributed by atoms with Gasteiger partial charge < -0.3 is 9.54 Å². The standard InChI is InChI=1S/C22H22N2O4S.Na/c1-3-17-16-10-14(2)12-22(17,18-8-9-21(25)24-19(18)11-16)23-13-15-6-4-5-7-20(15)29(26,27)28;/h3-10,13,16H,11-12H2,1-2H3,(H,24,25)(H,26,27,28);/q;+1/p-1. The van der Waals surface area contributed by atoms with Crippen molar-refractivity contribution in [2.45, 2.75) is 37.1 Å². The monoisotopic (exact) mass is 432 g/mol. The van der Waals surface area contributed by atoms with Crippen molar-refractivity contribution in [2.24, 2.45) is 10.9 Å². The first-order valence-electron chi connectivity index (χ1n) is 9.41. The first-order chi connectivity index (χ1) is 13.7. The Bertz CT molecular complexity index is 1240. The third kappa shape index (κ3) is 3.92. The third-order valence-electron chi connectivity index (χ3n) is 5.69. The Morgan fingerprint density at radius 3 is 2.67 bits per heavy atom. The molecule has 4 rings (SSSR count). The Labute approximate surface area is 197 Å². The summed E-state index contributed by atoms with van der Waals surface area (Å²) in [6.45, 7) is 4.02. The maximum Gasteiger partial charge on any atom is 1.00 e. The minimum atomic E-state index is -4.62. The Balaban J connectivity index is 0.00000256. The summed E-state index contributed by atoms with van der Waals surface area (Å²) >= 11 is 0. The van der Waals surface area contributed by atoms with Crippen LogP contribution in [0.4, 0.5) is 0 Å². The van der Waals surface area contributed by atoms with Gasteiger partial charge >= 0.3 is 29.6 Å². The summed E-state index contributed by atoms with van der Waals surface area (Å²) in [5.41, 5.74) is 3.41. The maximum absolute atomic E-state index is 11.9. The fraction of sp³-hybridized carbons (Fsp3) is 0.273. The number of hydrogen-bond donors (Lipinski definition) is 1. The van der Waals surface area contributed by atoms with Crippen molar-refractivity contribution in [3.8, 4) is 0 Å². The summed E-state index contributed by atoms with van der Waals surface area (Å²) in [5.74, 6) is 0.106. The molecule has 2 bridgehead atoms. The summed E-state index contributed by atoms with van der Waals surface area (Å²) in [7, 11) is -4.62. The van der Waals surface area contributed by atoms with E-state index < -0.39 is 15.7 Å². The molecule has 2 aromatic rings. The molecule has 1 N–H and O–H groups in total. The van der Waals surface area contributed by atoms with Gasteiger partial charge in [-0.1, -0.05) is 35.9 Å². The Hall–Kier alpha value is -1.77. The van der Waals surface area contributed by atoms with Gasteiger partial charge in [-0.05, 0) is 38.0 Å². The average molecular weight is 432 g/mol. The van der Waals surface area contributed by atoms with Gasteiger partial charge in [0.15, 0.2) is 0 Å². The normalized spacial score (nSPS) is 24.3. The largest absolute Gasteiger partial charge is 1.00 e. The molecule has 2 aliphatic rings. The van der Waals surface area contributed by atoms with E-state index in [4.69, 9.17) is 4.99 Å². The quantitative estimate of drug-likeness (QED) is 0.321. The molecule has 2 atom stereocenters. The zero-order valence-electron chi connectivity index (χ0n) is 17.2. The van der Waals surface area contributed by atoms with Crippen LogP contribution in [0.25, 0.3) is 0 Å². The molecule has 1 heterocycles. The van der Waals surface area contributed by atoms with Crippen molar-refractivity contribution in [2.75, 3.05) is 0 Å². The molecule has 6 nitrogen and oxygen atoms in total. The van der Waals surface area contributed by atoms with Crippen molar-refractivity contribution >= 4 is 16.3 Å². The van der Waals surface area contributed by atoms with Crippen LogP contribution in [0, 0.1) is 5.92 Å². The minimum absolute atomic E-state index is 0. The molecule has 0 radical (unpaired) electrons. The number of nitrogens with one attached hydrogen (secondary N) is 1. The molecule has 1 aromatic heterocycles. The molecule has 0 saturated carbocycles. The number of benzene rings is 1. The van der Waals surface area contributed by atoms with E-state index in [1.54, 1.807) is 18.2 Å². The van der Waals surface area contributed by atoms with Crippen LogP contribution in [0.15, 0.2) is 74.4 Å². The van der Waals surface area contributed by atoms with Gasteiger partial charge in [0.2, 0.25) is 5.56 Å². The molecule has 0 spiro atoms. The smallest absolute Gasteiger partial charge is 0.744 e. The van der Waals surface area contributed by atoms with E-state index in [0.717, 1.165) is 16.8 Å². The minimum Gasteiger partial charge on any atom is -0.744 e. The number of hydrogen-bond acceptors (Lipinski definition) is 5. The predicted octanol–water partition coefficient (Wildman–Crippen LogP) is 0.0660. The summed E-state index contributed by atoms with van der Waals surface area (Å²) in [4.78, 5) is 19.4. The second kappa shape index (κ2) is 8.40. The summed E-state index contributed by atoms with van der Waals surface area (Å²) in [6, 6.07) is 9.35. The molecule has 0 amide bonds. The average Bonchev–Trinajstić information content (AvgIpc) is 2.65. The fourth-order valence-corrected chi connectivity index (χ4v) is 5.30. The Morgan fingerprint density at radius 1 is 1.23 bits per heavy atom. The number of fused-ring (bicyclic) bond motifs is 4. The number of nitrogens with zero attached hydrogens (tertiary/aromatic N) is 1. The number of rotatable bonds is 3. The van der Waals surface area contributed by atoms with E-state index in [0.29, 0.717) is 12.8 Å². The van der Waals surface area contributed by atoms with Gasteiger partial charge in [0, 0.05) is 41.4 Å². The molecular formula is C22H21N2NaO4S. The Kier molecular flexibility index (Phi) is 6.41. The van der Waals surface area contributed by atoms with Gasteiger partial charge in [0.1, 0.15) is 15.7 Å². The fourth-order valence-electron chi connectivity index (χ4n) is 4.65. The van der Waals surface area contributed by atoms with Crippen LogP contribution in [0.5, 0.6) is 0 Å². The molecular weight excluding hydrogens is 411 g/mol. The first-order valence-corrected chi connectivity index (χ1v) is 10.8. The zero-order valence-corrected chi connectivity index (χ0v) is 20.0. The van der Waals surface area contributed by atoms with Crippen LogP contribution in [-0.4, -0.2) is 24.2 Å². The number of aromatic nitrogens is 1. The first kappa shape index (κ1) is 22.9. The van der Waals surface area contributed by atoms with Crippen LogP contribution in [0.2, 0.25) is 0 Å². The third-order valence-corrected chi connectivity index (χ3v) is 6.60. The van der Waals surface area contributed by atoms with Gasteiger partial charge in [-0.2, -0.15) is 0 Å². The van der Waals surface area contributed by atoms with E-state index in [2.05, 4.69) is 24.1 Å². The number of allylic oxidation sites excluding steroid dienone is 2. The summed E-state index contributed by atoms with van der Waals surface area (Å²) < 4.78 is 34.9. The number of aromatic amines is 1. The van der Waals surface area contributed by atoms with Crippen LogP contribution >= 0.6 is 0 Å². The van der Waals surface area contributed by atoms with Crippen LogP contribution in [-0.2, 0) is 22.1 Å². The van der Waals surface area contributed by atoms with Gasteiger partial charge in [0.05, 0.1) is 4.90 Å². The van der Waals surface area contributed by atoms with E-state index in [1.807, 2.05) is 6.92 Å². The molecule has 0 aliphatic heterocycles. The molecule has 2 aliphatic carbocycles. The van der Waals surface area contributed by atoms with Crippen molar-refractivity contribution in [1.29, 1.82) is 0 Å². The number of aliphatic imine (C=N–C) groups is 1. The molecule has 0 saturated heterocycles. The van der Waals surface area contributed by atoms with E-state index in [-0.39, 0.29) is 51.5 Å². The second-order valence-electron chi connectivity index (χ2n) is 7.57. The maximum atomic E-state index is 11.9. The van der Waals surface area contributed by atoms with Gasteiger partial charge in [-0.25, -0.2) is 8.42 Å². The topological polar surface area (TPSA) is 102 Å². The van der Waals surface area contributed by atoms with E-state index >= 15 is 0 Å². The van der Waals surface area contributed by atoms with Gasteiger partial charge in [-0.3, -0.25) is 9.79 Å².